The predicted octanol–water partition coefficient (Wildman–Crippen LogP) is 1.91. The monoisotopic (exact) mass is 237 g/mol. The first-order chi connectivity index (χ1) is 7.72. The Morgan fingerprint density at radius 2 is 2.12 bits per heavy atom. The van der Waals surface area contributed by atoms with E-state index in [0.717, 1.165) is 18.6 Å². The molecule has 2 bridgehead atoms. The van der Waals surface area contributed by atoms with Gasteiger partial charge in [-0.15, -0.1) is 11.3 Å². The molecule has 2 aliphatic rings. The van der Waals surface area contributed by atoms with Crippen LogP contribution in [0.5, 0.6) is 0 Å². The molecular formula is C12H19N3S. The van der Waals surface area contributed by atoms with Crippen LogP contribution in [0.1, 0.15) is 36.4 Å². The van der Waals surface area contributed by atoms with Crippen LogP contribution in [-0.4, -0.2) is 28.0 Å². The van der Waals surface area contributed by atoms with E-state index in [-0.39, 0.29) is 0 Å². The van der Waals surface area contributed by atoms with Gasteiger partial charge in [0.25, 0.3) is 0 Å². The number of thiazole rings is 1. The van der Waals surface area contributed by atoms with Crippen molar-refractivity contribution in [2.75, 3.05) is 0 Å². The summed E-state index contributed by atoms with van der Waals surface area (Å²) in [5.74, 6) is 0. The Balaban J connectivity index is 1.72. The second-order valence-corrected chi connectivity index (χ2v) is 6.21. The van der Waals surface area contributed by atoms with Gasteiger partial charge in [0.05, 0.1) is 10.7 Å². The molecule has 0 radical (unpaired) electrons. The zero-order chi connectivity index (χ0) is 11.1. The lowest BCUT2D eigenvalue weighted by atomic mass is 9.98. The molecule has 0 saturated carbocycles. The number of nitrogens with zero attached hydrogens (tertiary/aromatic N) is 2. The highest BCUT2D eigenvalue weighted by Crippen LogP contribution is 2.36. The smallest absolute Gasteiger partial charge is 0.0897 e. The number of piperidine rings is 1. The maximum atomic E-state index is 6.08. The number of fused-ring (bicyclic) bond motifs is 2. The van der Waals surface area contributed by atoms with E-state index in [1.165, 1.54) is 36.4 Å². The normalized spacial score (nSPS) is 34.5. The molecular weight excluding hydrogens is 218 g/mol. The first kappa shape index (κ1) is 10.7. The molecule has 2 aliphatic heterocycles. The van der Waals surface area contributed by atoms with Crippen molar-refractivity contribution >= 4 is 11.3 Å². The largest absolute Gasteiger partial charge is 0.328 e. The standard InChI is InChI=1S/C12H19N3S/c1-8-14-10(7-16-8)6-15-11-2-3-12(15)5-9(13)4-11/h7,9,11-12H,2-6,13H2,1H3. The fourth-order valence-corrected chi connectivity index (χ4v) is 3.85. The van der Waals surface area contributed by atoms with E-state index in [2.05, 4.69) is 22.2 Å². The molecule has 1 aromatic heterocycles. The van der Waals surface area contributed by atoms with Gasteiger partial charge < -0.3 is 5.73 Å². The van der Waals surface area contributed by atoms with Crippen molar-refractivity contribution in [3.8, 4) is 0 Å². The fourth-order valence-electron chi connectivity index (χ4n) is 3.24. The summed E-state index contributed by atoms with van der Waals surface area (Å²) in [5.41, 5.74) is 7.32. The van der Waals surface area contributed by atoms with Gasteiger partial charge in [-0.05, 0) is 32.6 Å². The van der Waals surface area contributed by atoms with Gasteiger partial charge in [-0.3, -0.25) is 4.90 Å². The molecule has 3 heterocycles. The van der Waals surface area contributed by atoms with Crippen molar-refractivity contribution in [2.45, 2.75) is 57.3 Å². The third-order valence-corrected chi connectivity index (χ3v) is 4.75. The molecule has 2 N–H and O–H groups in total. The van der Waals surface area contributed by atoms with Gasteiger partial charge in [-0.1, -0.05) is 0 Å². The Morgan fingerprint density at radius 3 is 2.69 bits per heavy atom. The van der Waals surface area contributed by atoms with Gasteiger partial charge in [0.15, 0.2) is 0 Å². The molecule has 16 heavy (non-hydrogen) atoms. The van der Waals surface area contributed by atoms with Gasteiger partial charge >= 0.3 is 0 Å². The Labute approximate surface area is 101 Å². The average molecular weight is 237 g/mol. The topological polar surface area (TPSA) is 42.2 Å². The summed E-state index contributed by atoms with van der Waals surface area (Å²) in [4.78, 5) is 7.20. The highest BCUT2D eigenvalue weighted by atomic mass is 32.1. The molecule has 2 fully saturated rings. The van der Waals surface area contributed by atoms with E-state index in [9.17, 15) is 0 Å². The minimum absolute atomic E-state index is 0.436. The maximum Gasteiger partial charge on any atom is 0.0897 e. The van der Waals surface area contributed by atoms with E-state index in [1.54, 1.807) is 11.3 Å². The second-order valence-electron chi connectivity index (χ2n) is 5.15. The lowest BCUT2D eigenvalue weighted by Gasteiger charge is -2.37. The molecule has 1 aromatic rings. The van der Waals surface area contributed by atoms with Gasteiger partial charge in [0.1, 0.15) is 0 Å². The lowest BCUT2D eigenvalue weighted by Crippen LogP contribution is -2.46. The van der Waals surface area contributed by atoms with E-state index in [4.69, 9.17) is 5.73 Å². The van der Waals surface area contributed by atoms with Crippen LogP contribution in [0.4, 0.5) is 0 Å². The number of hydrogen-bond donors (Lipinski definition) is 1. The summed E-state index contributed by atoms with van der Waals surface area (Å²) in [7, 11) is 0. The van der Waals surface area contributed by atoms with E-state index >= 15 is 0 Å². The van der Waals surface area contributed by atoms with Crippen LogP contribution >= 0.6 is 11.3 Å². The summed E-state index contributed by atoms with van der Waals surface area (Å²) in [6.07, 6.45) is 5.03. The molecule has 4 heteroatoms. The second kappa shape index (κ2) is 4.09. The first-order valence-corrected chi connectivity index (χ1v) is 7.02. The summed E-state index contributed by atoms with van der Waals surface area (Å²) < 4.78 is 0. The Kier molecular flexibility index (Phi) is 2.73. The summed E-state index contributed by atoms with van der Waals surface area (Å²) in [6.45, 7) is 3.11. The molecule has 0 aromatic carbocycles. The minimum atomic E-state index is 0.436. The molecule has 2 unspecified atom stereocenters. The average Bonchev–Trinajstić information content (AvgIpc) is 2.72. The Bertz CT molecular complexity index is 362. The molecule has 2 saturated heterocycles. The van der Waals surface area contributed by atoms with Gasteiger partial charge in [0.2, 0.25) is 0 Å². The molecule has 88 valence electrons. The van der Waals surface area contributed by atoms with Crippen molar-refractivity contribution in [1.82, 2.24) is 9.88 Å². The van der Waals surface area contributed by atoms with E-state index in [0.29, 0.717) is 6.04 Å². The Morgan fingerprint density at radius 1 is 1.44 bits per heavy atom. The Hall–Kier alpha value is -0.450. The van der Waals surface area contributed by atoms with Crippen molar-refractivity contribution < 1.29 is 0 Å². The third-order valence-electron chi connectivity index (χ3n) is 3.93. The predicted molar refractivity (Wildman–Crippen MR) is 66.4 cm³/mol. The lowest BCUT2D eigenvalue weighted by molar-refractivity contribution is 0.118. The molecule has 2 atom stereocenters. The third kappa shape index (κ3) is 1.90. The SMILES string of the molecule is Cc1nc(CN2C3CCC2CC(N)C3)cs1. The van der Waals surface area contributed by atoms with Crippen LogP contribution in [0, 0.1) is 6.92 Å². The summed E-state index contributed by atoms with van der Waals surface area (Å²) >= 11 is 1.75. The number of hydrogen-bond acceptors (Lipinski definition) is 4. The number of aryl methyl sites for hydroxylation is 1. The van der Waals surface area contributed by atoms with E-state index < -0.39 is 0 Å². The van der Waals surface area contributed by atoms with Crippen molar-refractivity contribution in [2.24, 2.45) is 5.73 Å². The highest BCUT2D eigenvalue weighted by molar-refractivity contribution is 7.09. The van der Waals surface area contributed by atoms with Crippen LogP contribution in [0.3, 0.4) is 0 Å². The molecule has 0 amide bonds. The van der Waals surface area contributed by atoms with Crippen molar-refractivity contribution in [3.63, 3.8) is 0 Å². The van der Waals surface area contributed by atoms with E-state index in [1.807, 2.05) is 0 Å². The minimum Gasteiger partial charge on any atom is -0.328 e. The van der Waals surface area contributed by atoms with Crippen LogP contribution < -0.4 is 5.73 Å². The molecule has 3 nitrogen and oxygen atoms in total. The fraction of sp³-hybridized carbons (Fsp3) is 0.750. The van der Waals surface area contributed by atoms with Gasteiger partial charge in [-0.25, -0.2) is 4.98 Å². The number of rotatable bonds is 2. The zero-order valence-electron chi connectivity index (χ0n) is 9.72. The van der Waals surface area contributed by atoms with Gasteiger partial charge in [0, 0.05) is 30.1 Å². The van der Waals surface area contributed by atoms with Crippen LogP contribution in [0.2, 0.25) is 0 Å². The van der Waals surface area contributed by atoms with Crippen LogP contribution in [0.15, 0.2) is 5.38 Å². The summed E-state index contributed by atoms with van der Waals surface area (Å²) in [5, 5.41) is 3.37. The first-order valence-electron chi connectivity index (χ1n) is 6.14. The molecule has 0 aliphatic carbocycles. The van der Waals surface area contributed by atoms with Crippen molar-refractivity contribution in [3.05, 3.63) is 16.1 Å². The maximum absolute atomic E-state index is 6.08. The van der Waals surface area contributed by atoms with Crippen LogP contribution in [-0.2, 0) is 6.54 Å². The number of aromatic nitrogens is 1. The molecule has 3 rings (SSSR count). The summed E-state index contributed by atoms with van der Waals surface area (Å²) in [6, 6.07) is 1.87. The van der Waals surface area contributed by atoms with Gasteiger partial charge in [-0.2, -0.15) is 0 Å². The zero-order valence-corrected chi connectivity index (χ0v) is 10.5. The highest BCUT2D eigenvalue weighted by Gasteiger charge is 2.39. The van der Waals surface area contributed by atoms with Crippen molar-refractivity contribution in [1.29, 1.82) is 0 Å². The molecule has 0 spiro atoms. The number of nitrogens with two attached hydrogens (primary N) is 1. The van der Waals surface area contributed by atoms with Crippen LogP contribution in [0.25, 0.3) is 0 Å². The quantitative estimate of drug-likeness (QED) is 0.854.